The number of allylic oxidation sites excluding steroid dienone is 1. The van der Waals surface area contributed by atoms with Gasteiger partial charge in [0.1, 0.15) is 16.7 Å². The smallest absolute Gasteiger partial charge is 0.348 e. The number of carbonyl (C=O) groups is 3. The van der Waals surface area contributed by atoms with Crippen molar-refractivity contribution in [3.05, 3.63) is 56.3 Å². The van der Waals surface area contributed by atoms with Crippen molar-refractivity contribution in [3.8, 4) is 11.8 Å². The number of phenols is 1. The van der Waals surface area contributed by atoms with Crippen LogP contribution >= 0.6 is 11.3 Å². The van der Waals surface area contributed by atoms with Crippen molar-refractivity contribution >= 4 is 35.1 Å². The van der Waals surface area contributed by atoms with E-state index in [1.807, 2.05) is 6.07 Å². The molecule has 2 rings (SSSR count). The van der Waals surface area contributed by atoms with Gasteiger partial charge in [0.2, 0.25) is 0 Å². The molecule has 0 saturated carbocycles. The molecule has 0 aliphatic carbocycles. The van der Waals surface area contributed by atoms with Crippen LogP contribution in [0.5, 0.6) is 5.75 Å². The van der Waals surface area contributed by atoms with Gasteiger partial charge in [0.25, 0.3) is 0 Å². The first-order valence-corrected chi connectivity index (χ1v) is 10.0. The number of Topliss-reactive ketones (excluding diaryl/α,β-unsaturated/α-hetero) is 1. The van der Waals surface area contributed by atoms with Crippen molar-refractivity contribution in [2.75, 3.05) is 13.2 Å². The van der Waals surface area contributed by atoms with Gasteiger partial charge in [0.15, 0.2) is 5.78 Å². The lowest BCUT2D eigenvalue weighted by Gasteiger charge is -2.05. The van der Waals surface area contributed by atoms with E-state index in [-0.39, 0.29) is 41.4 Å². The topological polar surface area (TPSA) is 114 Å². The average Bonchev–Trinajstić information content (AvgIpc) is 3.03. The molecule has 1 aromatic carbocycles. The number of ether oxygens (including phenoxy) is 2. The second kappa shape index (κ2) is 10.4. The van der Waals surface area contributed by atoms with Crippen LogP contribution in [0.2, 0.25) is 0 Å². The number of nitrogens with zero attached hydrogens (tertiary/aromatic N) is 1. The summed E-state index contributed by atoms with van der Waals surface area (Å²) in [6.07, 6.45) is 1.16. The van der Waals surface area contributed by atoms with E-state index in [1.165, 1.54) is 18.2 Å². The van der Waals surface area contributed by atoms with Gasteiger partial charge in [-0.1, -0.05) is 12.1 Å². The van der Waals surface area contributed by atoms with Crippen molar-refractivity contribution in [1.82, 2.24) is 0 Å². The first kappa shape index (κ1) is 22.8. The number of thiophene rings is 1. The Hall–Kier alpha value is -3.44. The van der Waals surface area contributed by atoms with Gasteiger partial charge in [-0.15, -0.1) is 11.3 Å². The Morgan fingerprint density at radius 1 is 1.10 bits per heavy atom. The summed E-state index contributed by atoms with van der Waals surface area (Å²) >= 11 is 0.987. The van der Waals surface area contributed by atoms with Gasteiger partial charge in [0, 0.05) is 11.3 Å². The largest absolute Gasteiger partial charge is 0.508 e. The van der Waals surface area contributed by atoms with Crippen LogP contribution in [0.3, 0.4) is 0 Å². The van der Waals surface area contributed by atoms with Crippen LogP contribution in [0.25, 0.3) is 6.08 Å². The highest BCUT2D eigenvalue weighted by atomic mass is 32.1. The number of ketones is 1. The molecule has 1 N–H and O–H groups in total. The minimum atomic E-state index is -0.634. The standard InChI is InChI=1S/C22H21NO6S/c1-4-28-21(26)19-13(3)20(22(27)29-5-2)30-18(19)11-17(25)15(12-23)10-14-6-8-16(24)9-7-14/h6-10,24H,4-5,11H2,1-3H3/b15-10+. The van der Waals surface area contributed by atoms with Crippen LogP contribution in [0.15, 0.2) is 29.8 Å². The lowest BCUT2D eigenvalue weighted by atomic mass is 10.0. The first-order valence-electron chi connectivity index (χ1n) is 9.22. The van der Waals surface area contributed by atoms with Gasteiger partial charge < -0.3 is 14.6 Å². The van der Waals surface area contributed by atoms with Crippen LogP contribution in [0.1, 0.15) is 49.9 Å². The van der Waals surface area contributed by atoms with E-state index in [0.717, 1.165) is 11.3 Å². The van der Waals surface area contributed by atoms with Crippen molar-refractivity contribution in [2.45, 2.75) is 27.2 Å². The molecule has 0 atom stereocenters. The zero-order valence-electron chi connectivity index (χ0n) is 16.9. The predicted molar refractivity (Wildman–Crippen MR) is 111 cm³/mol. The fourth-order valence-electron chi connectivity index (χ4n) is 2.71. The summed E-state index contributed by atoms with van der Waals surface area (Å²) in [5, 5.41) is 18.8. The fourth-order valence-corrected chi connectivity index (χ4v) is 3.90. The number of benzene rings is 1. The Kier molecular flexibility index (Phi) is 7.90. The summed E-state index contributed by atoms with van der Waals surface area (Å²) in [7, 11) is 0. The van der Waals surface area contributed by atoms with E-state index in [2.05, 4.69) is 0 Å². The van der Waals surface area contributed by atoms with Crippen molar-refractivity contribution in [2.24, 2.45) is 0 Å². The molecule has 7 nitrogen and oxygen atoms in total. The van der Waals surface area contributed by atoms with Gasteiger partial charge in [-0.25, -0.2) is 9.59 Å². The summed E-state index contributed by atoms with van der Waals surface area (Å²) in [5.74, 6) is -1.65. The van der Waals surface area contributed by atoms with E-state index < -0.39 is 17.7 Å². The fraction of sp³-hybridized carbons (Fsp3) is 0.273. The maximum Gasteiger partial charge on any atom is 0.348 e. The molecule has 0 amide bonds. The molecule has 0 aliphatic heterocycles. The van der Waals surface area contributed by atoms with E-state index in [0.29, 0.717) is 16.0 Å². The molecule has 1 aromatic heterocycles. The molecular formula is C22H21NO6S. The Balaban J connectivity index is 2.41. The summed E-state index contributed by atoms with van der Waals surface area (Å²) in [4.78, 5) is 38.0. The second-order valence-electron chi connectivity index (χ2n) is 6.16. The minimum Gasteiger partial charge on any atom is -0.508 e. The molecule has 156 valence electrons. The molecule has 8 heteroatoms. The minimum absolute atomic E-state index is 0.0663. The lowest BCUT2D eigenvalue weighted by molar-refractivity contribution is -0.114. The van der Waals surface area contributed by atoms with Crippen LogP contribution in [-0.2, 0) is 20.7 Å². The van der Waals surface area contributed by atoms with E-state index >= 15 is 0 Å². The maximum absolute atomic E-state index is 12.8. The summed E-state index contributed by atoms with van der Waals surface area (Å²) < 4.78 is 10.1. The third-order valence-corrected chi connectivity index (χ3v) is 5.38. The van der Waals surface area contributed by atoms with Gasteiger partial charge in [-0.3, -0.25) is 4.79 Å². The average molecular weight is 427 g/mol. The number of carbonyl (C=O) groups excluding carboxylic acids is 3. The number of hydrogen-bond acceptors (Lipinski definition) is 8. The molecule has 0 fully saturated rings. The predicted octanol–water partition coefficient (Wildman–Crippen LogP) is 3.83. The van der Waals surface area contributed by atoms with E-state index in [4.69, 9.17) is 9.47 Å². The molecule has 0 radical (unpaired) electrons. The normalized spacial score (nSPS) is 10.9. The number of nitriles is 1. The zero-order chi connectivity index (χ0) is 22.3. The molecule has 30 heavy (non-hydrogen) atoms. The third-order valence-electron chi connectivity index (χ3n) is 4.11. The Bertz CT molecular complexity index is 1030. The van der Waals surface area contributed by atoms with Crippen LogP contribution in [0.4, 0.5) is 0 Å². The SMILES string of the molecule is CCOC(=O)c1sc(CC(=O)/C(C#N)=C/c2ccc(O)cc2)c(C(=O)OCC)c1C. The highest BCUT2D eigenvalue weighted by molar-refractivity contribution is 7.14. The monoisotopic (exact) mass is 427 g/mol. The van der Waals surface area contributed by atoms with Gasteiger partial charge >= 0.3 is 11.9 Å². The summed E-state index contributed by atoms with van der Waals surface area (Å²) in [5.41, 5.74) is 0.998. The molecule has 0 bridgehead atoms. The molecule has 0 saturated heterocycles. The van der Waals surface area contributed by atoms with Gasteiger partial charge in [-0.05, 0) is 50.1 Å². The maximum atomic E-state index is 12.8. The third kappa shape index (κ3) is 5.33. The van der Waals surface area contributed by atoms with Crippen LogP contribution < -0.4 is 0 Å². The number of rotatable bonds is 8. The summed E-state index contributed by atoms with van der Waals surface area (Å²) in [6.45, 7) is 5.24. The lowest BCUT2D eigenvalue weighted by Crippen LogP contribution is -2.12. The van der Waals surface area contributed by atoms with E-state index in [9.17, 15) is 24.8 Å². The Labute approximate surface area is 178 Å². The molecule has 2 aromatic rings. The Morgan fingerprint density at radius 3 is 2.27 bits per heavy atom. The number of hydrogen-bond donors (Lipinski definition) is 1. The van der Waals surface area contributed by atoms with Gasteiger partial charge in [-0.2, -0.15) is 5.26 Å². The van der Waals surface area contributed by atoms with Crippen molar-refractivity contribution in [3.63, 3.8) is 0 Å². The highest BCUT2D eigenvalue weighted by Gasteiger charge is 2.27. The van der Waals surface area contributed by atoms with Crippen LogP contribution in [0, 0.1) is 18.3 Å². The number of phenolic OH excluding ortho intramolecular Hbond substituents is 1. The van der Waals surface area contributed by atoms with Crippen molar-refractivity contribution in [1.29, 1.82) is 5.26 Å². The molecule has 1 heterocycles. The highest BCUT2D eigenvalue weighted by Crippen LogP contribution is 2.31. The van der Waals surface area contributed by atoms with Gasteiger partial charge in [0.05, 0.1) is 24.4 Å². The first-order chi connectivity index (χ1) is 14.3. The second-order valence-corrected chi connectivity index (χ2v) is 7.26. The van der Waals surface area contributed by atoms with E-state index in [1.54, 1.807) is 32.9 Å². The quantitative estimate of drug-likeness (QED) is 0.387. The zero-order valence-corrected chi connectivity index (χ0v) is 17.7. The molecule has 0 aliphatic rings. The van der Waals surface area contributed by atoms with Crippen molar-refractivity contribution < 1.29 is 29.0 Å². The summed E-state index contributed by atoms with van der Waals surface area (Å²) in [6, 6.07) is 7.89. The number of esters is 2. The molecule has 0 unspecified atom stereocenters. The Morgan fingerprint density at radius 2 is 1.70 bits per heavy atom. The molecule has 0 spiro atoms. The molecular weight excluding hydrogens is 406 g/mol. The van der Waals surface area contributed by atoms with Crippen LogP contribution in [-0.4, -0.2) is 36.0 Å². The number of aromatic hydroxyl groups is 1.